The fraction of sp³-hybridized carbons (Fsp3) is 0.526. The van der Waals surface area contributed by atoms with E-state index in [1.807, 2.05) is 0 Å². The van der Waals surface area contributed by atoms with Crippen molar-refractivity contribution in [1.82, 2.24) is 9.80 Å². The number of ether oxygens (including phenoxy) is 2. The summed E-state index contributed by atoms with van der Waals surface area (Å²) in [5, 5.41) is 2.77. The standard InChI is InChI=1S/C19H27N3O5/c1-13(23)21-8-10-22(11-9-21)18(25)19(2,3)17(24)20-15-12-14(26-4)6-7-16(15)27-5/h6-7,12H,8-11H2,1-5H3,(H,20,24). The van der Waals surface area contributed by atoms with Crippen molar-refractivity contribution in [2.45, 2.75) is 20.8 Å². The van der Waals surface area contributed by atoms with Crippen LogP contribution < -0.4 is 14.8 Å². The Morgan fingerprint density at radius 3 is 2.11 bits per heavy atom. The average Bonchev–Trinajstić information content (AvgIpc) is 2.67. The molecule has 3 amide bonds. The van der Waals surface area contributed by atoms with Gasteiger partial charge in [0, 0.05) is 39.2 Å². The Morgan fingerprint density at radius 1 is 1.00 bits per heavy atom. The van der Waals surface area contributed by atoms with Gasteiger partial charge in [-0.3, -0.25) is 14.4 Å². The zero-order valence-corrected chi connectivity index (χ0v) is 16.5. The molecule has 0 unspecified atom stereocenters. The minimum atomic E-state index is -1.27. The van der Waals surface area contributed by atoms with Crippen molar-refractivity contribution in [1.29, 1.82) is 0 Å². The number of methoxy groups -OCH3 is 2. The normalized spacial score (nSPS) is 14.6. The third kappa shape index (κ3) is 4.50. The molecule has 1 aromatic rings. The quantitative estimate of drug-likeness (QED) is 0.783. The molecule has 1 aromatic carbocycles. The number of carbonyl (C=O) groups excluding carboxylic acids is 3. The summed E-state index contributed by atoms with van der Waals surface area (Å²) in [5.74, 6) is 0.320. The van der Waals surface area contributed by atoms with E-state index in [1.54, 1.807) is 41.8 Å². The van der Waals surface area contributed by atoms with E-state index in [0.717, 1.165) is 0 Å². The first-order valence-electron chi connectivity index (χ1n) is 8.79. The van der Waals surface area contributed by atoms with Crippen molar-refractivity contribution < 1.29 is 23.9 Å². The molecule has 8 nitrogen and oxygen atoms in total. The Kier molecular flexibility index (Phi) is 6.30. The van der Waals surface area contributed by atoms with Crippen LogP contribution in [0.25, 0.3) is 0 Å². The molecular formula is C19H27N3O5. The van der Waals surface area contributed by atoms with Crippen LogP contribution in [0.15, 0.2) is 18.2 Å². The van der Waals surface area contributed by atoms with Crippen molar-refractivity contribution >= 4 is 23.4 Å². The maximum Gasteiger partial charge on any atom is 0.239 e. The second-order valence-electron chi connectivity index (χ2n) is 6.94. The summed E-state index contributed by atoms with van der Waals surface area (Å²) in [6.45, 7) is 6.47. The molecule has 0 bridgehead atoms. The van der Waals surface area contributed by atoms with Crippen LogP contribution in [0.3, 0.4) is 0 Å². The lowest BCUT2D eigenvalue weighted by molar-refractivity contribution is -0.149. The zero-order chi connectivity index (χ0) is 20.2. The number of amides is 3. The monoisotopic (exact) mass is 377 g/mol. The Labute approximate surface area is 159 Å². The zero-order valence-electron chi connectivity index (χ0n) is 16.5. The molecule has 2 rings (SSSR count). The maximum atomic E-state index is 12.9. The van der Waals surface area contributed by atoms with Gasteiger partial charge in [-0.25, -0.2) is 0 Å². The molecule has 1 fully saturated rings. The van der Waals surface area contributed by atoms with E-state index in [1.165, 1.54) is 21.1 Å². The van der Waals surface area contributed by atoms with Gasteiger partial charge in [0.15, 0.2) is 0 Å². The first kappa shape index (κ1) is 20.5. The molecule has 8 heteroatoms. The number of rotatable bonds is 5. The highest BCUT2D eigenvalue weighted by molar-refractivity contribution is 6.10. The van der Waals surface area contributed by atoms with E-state index in [4.69, 9.17) is 9.47 Å². The highest BCUT2D eigenvalue weighted by Gasteiger charge is 2.40. The van der Waals surface area contributed by atoms with Gasteiger partial charge >= 0.3 is 0 Å². The van der Waals surface area contributed by atoms with E-state index in [0.29, 0.717) is 43.4 Å². The molecule has 0 atom stereocenters. The van der Waals surface area contributed by atoms with Crippen molar-refractivity contribution in [2.24, 2.45) is 5.41 Å². The first-order chi connectivity index (χ1) is 12.7. The van der Waals surface area contributed by atoms with Gasteiger partial charge < -0.3 is 24.6 Å². The number of nitrogens with zero attached hydrogens (tertiary/aromatic N) is 2. The van der Waals surface area contributed by atoms with Crippen molar-refractivity contribution in [3.63, 3.8) is 0 Å². The number of hydrogen-bond acceptors (Lipinski definition) is 5. The van der Waals surface area contributed by atoms with Crippen LogP contribution in [0.2, 0.25) is 0 Å². The first-order valence-corrected chi connectivity index (χ1v) is 8.79. The van der Waals surface area contributed by atoms with E-state index >= 15 is 0 Å². The van der Waals surface area contributed by atoms with Crippen molar-refractivity contribution in [3.8, 4) is 11.5 Å². The van der Waals surface area contributed by atoms with Crippen molar-refractivity contribution in [2.75, 3.05) is 45.7 Å². The Balaban J connectivity index is 2.11. The third-order valence-corrected chi connectivity index (χ3v) is 4.77. The number of piperazine rings is 1. The molecule has 0 aromatic heterocycles. The highest BCUT2D eigenvalue weighted by Crippen LogP contribution is 2.31. The summed E-state index contributed by atoms with van der Waals surface area (Å²) < 4.78 is 10.4. The van der Waals surface area contributed by atoms with Crippen LogP contribution in [0.4, 0.5) is 5.69 Å². The summed E-state index contributed by atoms with van der Waals surface area (Å²) in [7, 11) is 3.03. The average molecular weight is 377 g/mol. The smallest absolute Gasteiger partial charge is 0.239 e. The molecule has 0 spiro atoms. The van der Waals surface area contributed by atoms with E-state index in [2.05, 4.69) is 5.32 Å². The lowest BCUT2D eigenvalue weighted by Crippen LogP contribution is -2.55. The second-order valence-corrected chi connectivity index (χ2v) is 6.94. The lowest BCUT2D eigenvalue weighted by atomic mass is 9.89. The van der Waals surface area contributed by atoms with Crippen molar-refractivity contribution in [3.05, 3.63) is 18.2 Å². The van der Waals surface area contributed by atoms with Gasteiger partial charge in [-0.05, 0) is 26.0 Å². The number of carbonyl (C=O) groups is 3. The molecule has 1 heterocycles. The van der Waals surface area contributed by atoms with Gasteiger partial charge in [-0.15, -0.1) is 0 Å². The molecule has 1 aliphatic rings. The van der Waals surface area contributed by atoms with Crippen LogP contribution in [-0.4, -0.2) is 67.9 Å². The molecule has 1 saturated heterocycles. The molecule has 0 saturated carbocycles. The van der Waals surface area contributed by atoms with Gasteiger partial charge in [-0.1, -0.05) is 0 Å². The predicted molar refractivity (Wildman–Crippen MR) is 101 cm³/mol. The van der Waals surface area contributed by atoms with Crippen LogP contribution in [0.1, 0.15) is 20.8 Å². The number of nitrogens with one attached hydrogen (secondary N) is 1. The molecule has 148 valence electrons. The molecule has 27 heavy (non-hydrogen) atoms. The summed E-state index contributed by atoms with van der Waals surface area (Å²) in [6, 6.07) is 5.05. The van der Waals surface area contributed by atoms with Crippen LogP contribution >= 0.6 is 0 Å². The summed E-state index contributed by atoms with van der Waals surface area (Å²) in [4.78, 5) is 40.5. The maximum absolute atomic E-state index is 12.9. The topological polar surface area (TPSA) is 88.2 Å². The van der Waals surface area contributed by atoms with E-state index in [-0.39, 0.29) is 11.8 Å². The lowest BCUT2D eigenvalue weighted by Gasteiger charge is -2.37. The SMILES string of the molecule is COc1ccc(OC)c(NC(=O)C(C)(C)C(=O)N2CCN(C(C)=O)CC2)c1. The number of benzene rings is 1. The molecule has 0 aliphatic carbocycles. The molecule has 1 aliphatic heterocycles. The minimum Gasteiger partial charge on any atom is -0.497 e. The predicted octanol–water partition coefficient (Wildman–Crippen LogP) is 1.36. The molecule has 0 radical (unpaired) electrons. The van der Waals surface area contributed by atoms with Gasteiger partial charge in [0.05, 0.1) is 19.9 Å². The Bertz CT molecular complexity index is 724. The molecule has 1 N–H and O–H groups in total. The van der Waals surface area contributed by atoms with E-state index in [9.17, 15) is 14.4 Å². The fourth-order valence-electron chi connectivity index (χ4n) is 2.91. The van der Waals surface area contributed by atoms with Crippen LogP contribution in [-0.2, 0) is 14.4 Å². The largest absolute Gasteiger partial charge is 0.497 e. The van der Waals surface area contributed by atoms with Crippen LogP contribution in [0, 0.1) is 5.41 Å². The number of anilines is 1. The van der Waals surface area contributed by atoms with E-state index < -0.39 is 11.3 Å². The van der Waals surface area contributed by atoms with Gasteiger partial charge in [0.25, 0.3) is 0 Å². The fourth-order valence-corrected chi connectivity index (χ4v) is 2.91. The highest BCUT2D eigenvalue weighted by atomic mass is 16.5. The Morgan fingerprint density at radius 2 is 1.59 bits per heavy atom. The van der Waals surface area contributed by atoms with Gasteiger partial charge in [0.2, 0.25) is 17.7 Å². The Hall–Kier alpha value is -2.77. The second kappa shape index (κ2) is 8.28. The van der Waals surface area contributed by atoms with Gasteiger partial charge in [0.1, 0.15) is 16.9 Å². The molecular weight excluding hydrogens is 350 g/mol. The van der Waals surface area contributed by atoms with Gasteiger partial charge in [-0.2, -0.15) is 0 Å². The third-order valence-electron chi connectivity index (χ3n) is 4.77. The summed E-state index contributed by atoms with van der Waals surface area (Å²) >= 11 is 0. The summed E-state index contributed by atoms with van der Waals surface area (Å²) in [6.07, 6.45) is 0. The van der Waals surface area contributed by atoms with Crippen LogP contribution in [0.5, 0.6) is 11.5 Å². The summed E-state index contributed by atoms with van der Waals surface area (Å²) in [5.41, 5.74) is -0.837. The minimum absolute atomic E-state index is 0.00998. The number of hydrogen-bond donors (Lipinski definition) is 1.